The monoisotopic (exact) mass is 230 g/mol. The second-order valence-corrected chi connectivity index (χ2v) is 4.12. The largest absolute Gasteiger partial charge is 0.305 e. The quantitative estimate of drug-likeness (QED) is 0.758. The minimum Gasteiger partial charge on any atom is -0.305 e. The predicted molar refractivity (Wildman–Crippen MR) is 62.8 cm³/mol. The van der Waals surface area contributed by atoms with Gasteiger partial charge in [-0.05, 0) is 0 Å². The molecule has 16 heavy (non-hydrogen) atoms. The third-order valence-electron chi connectivity index (χ3n) is 2.13. The lowest BCUT2D eigenvalue weighted by atomic mass is 10.2. The molecule has 0 amide bonds. The Balaban J connectivity index is 2.31. The van der Waals surface area contributed by atoms with Gasteiger partial charge in [0.1, 0.15) is 0 Å². The summed E-state index contributed by atoms with van der Waals surface area (Å²) in [6, 6.07) is 11.9. The average Bonchev–Trinajstić information content (AvgIpc) is 2.69. The molecule has 0 saturated carbocycles. The molecule has 80 valence electrons. The van der Waals surface area contributed by atoms with Crippen LogP contribution in [0.3, 0.4) is 0 Å². The first kappa shape index (κ1) is 10.7. The van der Waals surface area contributed by atoms with Gasteiger partial charge < -0.3 is 4.57 Å². The summed E-state index contributed by atoms with van der Waals surface area (Å²) in [5.74, 6) is 1.21. The predicted octanol–water partition coefficient (Wildman–Crippen LogP) is 2.10. The van der Waals surface area contributed by atoms with Crippen molar-refractivity contribution in [2.24, 2.45) is 7.05 Å². The van der Waals surface area contributed by atoms with Crippen LogP contribution in [-0.2, 0) is 7.05 Å². The highest BCUT2D eigenvalue weighted by Gasteiger charge is 2.09. The lowest BCUT2D eigenvalue weighted by molar-refractivity contribution is 0.795. The van der Waals surface area contributed by atoms with E-state index in [-0.39, 0.29) is 0 Å². The van der Waals surface area contributed by atoms with Crippen LogP contribution >= 0.6 is 11.8 Å². The Bertz CT molecular complexity index is 513. The van der Waals surface area contributed by atoms with E-state index in [9.17, 15) is 0 Å². The molecule has 0 atom stereocenters. The molecule has 0 aliphatic heterocycles. The fraction of sp³-hybridized carbons (Fsp3) is 0.182. The van der Waals surface area contributed by atoms with Gasteiger partial charge in [0.15, 0.2) is 11.0 Å². The van der Waals surface area contributed by atoms with Crippen molar-refractivity contribution in [1.82, 2.24) is 14.8 Å². The first-order chi connectivity index (χ1) is 7.83. The van der Waals surface area contributed by atoms with Crippen LogP contribution < -0.4 is 0 Å². The zero-order valence-electron chi connectivity index (χ0n) is 8.79. The molecule has 0 bridgehead atoms. The van der Waals surface area contributed by atoms with Gasteiger partial charge >= 0.3 is 0 Å². The minimum absolute atomic E-state index is 0.390. The van der Waals surface area contributed by atoms with Crippen molar-refractivity contribution in [2.75, 3.05) is 5.75 Å². The van der Waals surface area contributed by atoms with Crippen LogP contribution in [0.2, 0.25) is 0 Å². The molecule has 0 aliphatic carbocycles. The van der Waals surface area contributed by atoms with Crippen molar-refractivity contribution < 1.29 is 0 Å². The first-order valence-corrected chi connectivity index (χ1v) is 5.76. The van der Waals surface area contributed by atoms with Crippen LogP contribution in [0.4, 0.5) is 0 Å². The number of thioether (sulfide) groups is 1. The van der Waals surface area contributed by atoms with Crippen molar-refractivity contribution in [3.05, 3.63) is 30.3 Å². The summed E-state index contributed by atoms with van der Waals surface area (Å²) >= 11 is 1.39. The second-order valence-electron chi connectivity index (χ2n) is 3.18. The van der Waals surface area contributed by atoms with Crippen LogP contribution in [0.25, 0.3) is 11.4 Å². The Labute approximate surface area is 97.9 Å². The van der Waals surface area contributed by atoms with E-state index in [4.69, 9.17) is 5.26 Å². The Hall–Kier alpha value is -1.80. The normalized spacial score (nSPS) is 10.0. The molecule has 0 fully saturated rings. The summed E-state index contributed by atoms with van der Waals surface area (Å²) in [6.07, 6.45) is 0. The van der Waals surface area contributed by atoms with E-state index < -0.39 is 0 Å². The van der Waals surface area contributed by atoms with Gasteiger partial charge in [-0.25, -0.2) is 0 Å². The van der Waals surface area contributed by atoms with Gasteiger partial charge in [0.25, 0.3) is 0 Å². The highest BCUT2D eigenvalue weighted by Crippen LogP contribution is 2.21. The molecule has 1 heterocycles. The smallest absolute Gasteiger partial charge is 0.192 e. The molecular formula is C11H10N4S. The SMILES string of the molecule is Cn1c(SCC#N)nnc1-c1ccccc1. The van der Waals surface area contributed by atoms with Gasteiger partial charge in [0, 0.05) is 12.6 Å². The summed E-state index contributed by atoms with van der Waals surface area (Å²) in [5, 5.41) is 17.5. The van der Waals surface area contributed by atoms with Crippen molar-refractivity contribution >= 4 is 11.8 Å². The number of aromatic nitrogens is 3. The summed E-state index contributed by atoms with van der Waals surface area (Å²) in [6.45, 7) is 0. The van der Waals surface area contributed by atoms with E-state index in [1.165, 1.54) is 11.8 Å². The van der Waals surface area contributed by atoms with E-state index >= 15 is 0 Å². The topological polar surface area (TPSA) is 54.5 Å². The number of hydrogen-bond donors (Lipinski definition) is 0. The molecule has 4 nitrogen and oxygen atoms in total. The van der Waals surface area contributed by atoms with E-state index in [0.29, 0.717) is 5.75 Å². The third kappa shape index (κ3) is 2.07. The van der Waals surface area contributed by atoms with Crippen LogP contribution in [0.1, 0.15) is 0 Å². The zero-order valence-corrected chi connectivity index (χ0v) is 9.61. The summed E-state index contributed by atoms with van der Waals surface area (Å²) in [4.78, 5) is 0. The van der Waals surface area contributed by atoms with E-state index in [1.807, 2.05) is 41.9 Å². The highest BCUT2D eigenvalue weighted by molar-refractivity contribution is 7.99. The Morgan fingerprint density at radius 1 is 1.31 bits per heavy atom. The molecule has 1 aromatic carbocycles. The molecule has 1 aromatic heterocycles. The van der Waals surface area contributed by atoms with Crippen LogP contribution in [-0.4, -0.2) is 20.5 Å². The van der Waals surface area contributed by atoms with Crippen LogP contribution in [0.5, 0.6) is 0 Å². The van der Waals surface area contributed by atoms with E-state index in [2.05, 4.69) is 16.3 Å². The Kier molecular flexibility index (Phi) is 3.22. The van der Waals surface area contributed by atoms with Crippen molar-refractivity contribution in [3.8, 4) is 17.5 Å². The molecule has 2 rings (SSSR count). The lowest BCUT2D eigenvalue weighted by Gasteiger charge is -2.01. The van der Waals surface area contributed by atoms with Crippen molar-refractivity contribution in [2.45, 2.75) is 5.16 Å². The third-order valence-corrected chi connectivity index (χ3v) is 3.02. The zero-order chi connectivity index (χ0) is 11.4. The number of nitrogens with zero attached hydrogens (tertiary/aromatic N) is 4. The van der Waals surface area contributed by atoms with E-state index in [0.717, 1.165) is 16.5 Å². The van der Waals surface area contributed by atoms with Crippen LogP contribution in [0.15, 0.2) is 35.5 Å². The molecule has 0 radical (unpaired) electrons. The van der Waals surface area contributed by atoms with Gasteiger partial charge in [0.05, 0.1) is 11.8 Å². The minimum atomic E-state index is 0.390. The molecule has 0 spiro atoms. The molecule has 2 aromatic rings. The lowest BCUT2D eigenvalue weighted by Crippen LogP contribution is -1.94. The molecular weight excluding hydrogens is 220 g/mol. The molecule has 5 heteroatoms. The van der Waals surface area contributed by atoms with Gasteiger partial charge in [-0.1, -0.05) is 42.1 Å². The summed E-state index contributed by atoms with van der Waals surface area (Å²) in [7, 11) is 1.90. The first-order valence-electron chi connectivity index (χ1n) is 4.77. The van der Waals surface area contributed by atoms with E-state index in [1.54, 1.807) is 0 Å². The maximum atomic E-state index is 8.51. The molecule has 0 aliphatic rings. The average molecular weight is 230 g/mol. The second kappa shape index (κ2) is 4.81. The van der Waals surface area contributed by atoms with Gasteiger partial charge in [-0.15, -0.1) is 10.2 Å². The number of nitriles is 1. The standard InChI is InChI=1S/C11H10N4S/c1-15-10(9-5-3-2-4-6-9)13-14-11(15)16-8-7-12/h2-6H,8H2,1H3. The fourth-order valence-electron chi connectivity index (χ4n) is 1.38. The van der Waals surface area contributed by atoms with Gasteiger partial charge in [0.2, 0.25) is 0 Å². The number of rotatable bonds is 3. The Morgan fingerprint density at radius 3 is 2.75 bits per heavy atom. The number of hydrogen-bond acceptors (Lipinski definition) is 4. The van der Waals surface area contributed by atoms with Crippen molar-refractivity contribution in [1.29, 1.82) is 5.26 Å². The maximum absolute atomic E-state index is 8.51. The Morgan fingerprint density at radius 2 is 2.06 bits per heavy atom. The summed E-state index contributed by atoms with van der Waals surface area (Å²) < 4.78 is 1.90. The molecule has 0 unspecified atom stereocenters. The highest BCUT2D eigenvalue weighted by atomic mass is 32.2. The maximum Gasteiger partial charge on any atom is 0.192 e. The van der Waals surface area contributed by atoms with Crippen LogP contribution in [0, 0.1) is 11.3 Å². The summed E-state index contributed by atoms with van der Waals surface area (Å²) in [5.41, 5.74) is 1.03. The molecule has 0 saturated heterocycles. The fourth-order valence-corrected chi connectivity index (χ4v) is 1.95. The van der Waals surface area contributed by atoms with Crippen molar-refractivity contribution in [3.63, 3.8) is 0 Å². The number of benzene rings is 1. The van der Waals surface area contributed by atoms with Gasteiger partial charge in [-0.2, -0.15) is 5.26 Å². The molecule has 0 N–H and O–H groups in total. The van der Waals surface area contributed by atoms with Gasteiger partial charge in [-0.3, -0.25) is 0 Å².